The van der Waals surface area contributed by atoms with Crippen molar-refractivity contribution < 1.29 is 19.2 Å². The number of anilines is 1. The summed E-state index contributed by atoms with van der Waals surface area (Å²) >= 11 is 1.60. The molecule has 0 bridgehead atoms. The molecule has 7 heteroatoms. The average Bonchev–Trinajstić information content (AvgIpc) is 2.68. The third-order valence-electron chi connectivity index (χ3n) is 5.54. The minimum absolute atomic E-state index is 0.0239. The van der Waals surface area contributed by atoms with Gasteiger partial charge in [0.05, 0.1) is 18.9 Å². The first-order valence-electron chi connectivity index (χ1n) is 9.45. The van der Waals surface area contributed by atoms with Crippen molar-refractivity contribution in [2.75, 3.05) is 44.7 Å². The molecule has 2 saturated heterocycles. The Morgan fingerprint density at radius 3 is 2.73 bits per heavy atom. The Labute approximate surface area is 158 Å². The highest BCUT2D eigenvalue weighted by atomic mass is 32.2. The molecule has 4 rings (SSSR count). The number of quaternary nitrogens is 1. The summed E-state index contributed by atoms with van der Waals surface area (Å²) in [6, 6.07) is 5.72. The van der Waals surface area contributed by atoms with E-state index in [9.17, 15) is 9.59 Å². The van der Waals surface area contributed by atoms with Gasteiger partial charge in [0.1, 0.15) is 13.1 Å². The van der Waals surface area contributed by atoms with E-state index in [1.807, 2.05) is 23.1 Å². The van der Waals surface area contributed by atoms with E-state index in [0.29, 0.717) is 24.7 Å². The Morgan fingerprint density at radius 2 is 2.00 bits per heavy atom. The zero-order chi connectivity index (χ0) is 18.1. The van der Waals surface area contributed by atoms with E-state index in [2.05, 4.69) is 12.2 Å². The topological polar surface area (TPSA) is 63.1 Å². The molecule has 2 amide bonds. The third-order valence-corrected chi connectivity index (χ3v) is 6.94. The Balaban J connectivity index is 1.48. The molecule has 2 fully saturated rings. The van der Waals surface area contributed by atoms with Crippen LogP contribution in [-0.2, 0) is 9.53 Å². The summed E-state index contributed by atoms with van der Waals surface area (Å²) in [6.07, 6.45) is 2.13. The van der Waals surface area contributed by atoms with E-state index >= 15 is 0 Å². The van der Waals surface area contributed by atoms with Crippen LogP contribution < -0.4 is 10.2 Å². The molecule has 1 aromatic rings. The van der Waals surface area contributed by atoms with Crippen LogP contribution in [0.3, 0.4) is 0 Å². The second kappa shape index (κ2) is 7.58. The van der Waals surface area contributed by atoms with E-state index < -0.39 is 0 Å². The van der Waals surface area contributed by atoms with Gasteiger partial charge in [0.15, 0.2) is 0 Å². The van der Waals surface area contributed by atoms with Crippen LogP contribution in [-0.4, -0.2) is 61.5 Å². The first-order valence-corrected chi connectivity index (χ1v) is 10.3. The number of nitrogens with zero attached hydrogens (tertiary/aromatic N) is 1. The molecule has 6 nitrogen and oxygen atoms in total. The fourth-order valence-electron chi connectivity index (χ4n) is 3.80. The second-order valence-electron chi connectivity index (χ2n) is 7.44. The predicted molar refractivity (Wildman–Crippen MR) is 101 cm³/mol. The van der Waals surface area contributed by atoms with Crippen LogP contribution in [0.25, 0.3) is 0 Å². The standard InChI is InChI=1S/C19H25N3O3S/c1-13-4-6-21(7-5-13)18(24)14-2-3-16-15(12-14)20-17(23)19(26-16)22-8-10-25-11-9-22/h2-3,12-13,19H,4-11H2,1H3,(H,20,23)/p+1. The summed E-state index contributed by atoms with van der Waals surface area (Å²) < 4.78 is 5.40. The van der Waals surface area contributed by atoms with Gasteiger partial charge in [-0.25, -0.2) is 0 Å². The number of hydrogen-bond acceptors (Lipinski definition) is 4. The highest BCUT2D eigenvalue weighted by Crippen LogP contribution is 2.34. The number of benzene rings is 1. The highest BCUT2D eigenvalue weighted by molar-refractivity contribution is 8.00. The molecule has 0 spiro atoms. The number of thioether (sulfide) groups is 1. The molecule has 140 valence electrons. The lowest BCUT2D eigenvalue weighted by Crippen LogP contribution is -3.18. The molecule has 3 aliphatic heterocycles. The maximum absolute atomic E-state index is 12.8. The van der Waals surface area contributed by atoms with Crippen LogP contribution in [0, 0.1) is 5.92 Å². The molecule has 1 unspecified atom stereocenters. The summed E-state index contributed by atoms with van der Waals surface area (Å²) in [4.78, 5) is 29.6. The van der Waals surface area contributed by atoms with Gasteiger partial charge in [-0.1, -0.05) is 18.7 Å². The van der Waals surface area contributed by atoms with Gasteiger partial charge in [-0.15, -0.1) is 0 Å². The lowest BCUT2D eigenvalue weighted by molar-refractivity contribution is -0.909. The van der Waals surface area contributed by atoms with Crippen LogP contribution in [0.5, 0.6) is 0 Å². The summed E-state index contributed by atoms with van der Waals surface area (Å²) in [5.74, 6) is 0.786. The number of hydrogen-bond donors (Lipinski definition) is 2. The smallest absolute Gasteiger partial charge is 0.294 e. The van der Waals surface area contributed by atoms with Crippen molar-refractivity contribution in [1.82, 2.24) is 4.90 Å². The monoisotopic (exact) mass is 376 g/mol. The number of fused-ring (bicyclic) bond motifs is 1. The largest absolute Gasteiger partial charge is 0.370 e. The Kier molecular flexibility index (Phi) is 5.20. The van der Waals surface area contributed by atoms with Crippen LogP contribution in [0.1, 0.15) is 30.1 Å². The van der Waals surface area contributed by atoms with Gasteiger partial charge >= 0.3 is 0 Å². The number of rotatable bonds is 2. The lowest BCUT2D eigenvalue weighted by Gasteiger charge is -2.33. The maximum Gasteiger partial charge on any atom is 0.294 e. The molecule has 0 aromatic heterocycles. The van der Waals surface area contributed by atoms with Gasteiger partial charge in [0.2, 0.25) is 5.37 Å². The molecule has 2 N–H and O–H groups in total. The first-order chi connectivity index (χ1) is 12.6. The van der Waals surface area contributed by atoms with Crippen molar-refractivity contribution in [2.45, 2.75) is 30.0 Å². The van der Waals surface area contributed by atoms with E-state index in [-0.39, 0.29) is 17.2 Å². The molecular formula is C19H26N3O3S+. The molecule has 1 aromatic carbocycles. The summed E-state index contributed by atoms with van der Waals surface area (Å²) in [5.41, 5.74) is 1.43. The van der Waals surface area contributed by atoms with Crippen molar-refractivity contribution in [3.63, 3.8) is 0 Å². The van der Waals surface area contributed by atoms with Gasteiger partial charge in [0, 0.05) is 23.5 Å². The zero-order valence-electron chi connectivity index (χ0n) is 15.1. The van der Waals surface area contributed by atoms with Crippen molar-refractivity contribution in [3.05, 3.63) is 23.8 Å². The molecule has 1 atom stereocenters. The molecule has 0 aliphatic carbocycles. The fraction of sp³-hybridized carbons (Fsp3) is 0.579. The van der Waals surface area contributed by atoms with Gasteiger partial charge in [-0.05, 0) is 37.0 Å². The van der Waals surface area contributed by atoms with Crippen LogP contribution >= 0.6 is 11.8 Å². The van der Waals surface area contributed by atoms with E-state index in [4.69, 9.17) is 4.74 Å². The summed E-state index contributed by atoms with van der Waals surface area (Å²) in [6.45, 7) is 6.99. The molecule has 0 radical (unpaired) electrons. The number of amides is 2. The highest BCUT2D eigenvalue weighted by Gasteiger charge is 2.36. The van der Waals surface area contributed by atoms with Gasteiger partial charge in [-0.2, -0.15) is 0 Å². The fourth-order valence-corrected chi connectivity index (χ4v) is 5.01. The molecule has 3 aliphatic rings. The summed E-state index contributed by atoms with van der Waals surface area (Å²) in [7, 11) is 0. The molecule has 3 heterocycles. The number of carbonyl (C=O) groups excluding carboxylic acids is 2. The molecule has 0 saturated carbocycles. The number of ether oxygens (including phenoxy) is 1. The minimum atomic E-state index is -0.142. The van der Waals surface area contributed by atoms with E-state index in [1.165, 1.54) is 4.90 Å². The van der Waals surface area contributed by atoms with Gasteiger partial charge < -0.3 is 19.9 Å². The van der Waals surface area contributed by atoms with Gasteiger partial charge in [0.25, 0.3) is 11.8 Å². The number of carbonyl (C=O) groups is 2. The zero-order valence-corrected chi connectivity index (χ0v) is 15.9. The second-order valence-corrected chi connectivity index (χ2v) is 8.59. The molecular weight excluding hydrogens is 350 g/mol. The van der Waals surface area contributed by atoms with Crippen molar-refractivity contribution in [2.24, 2.45) is 5.92 Å². The average molecular weight is 377 g/mol. The van der Waals surface area contributed by atoms with Crippen LogP contribution in [0.2, 0.25) is 0 Å². The minimum Gasteiger partial charge on any atom is -0.370 e. The van der Waals surface area contributed by atoms with Crippen LogP contribution in [0.15, 0.2) is 23.1 Å². The third kappa shape index (κ3) is 3.61. The number of likely N-dealkylation sites (tertiary alicyclic amines) is 1. The van der Waals surface area contributed by atoms with Crippen LogP contribution in [0.4, 0.5) is 5.69 Å². The predicted octanol–water partition coefficient (Wildman–Crippen LogP) is 0.844. The van der Waals surface area contributed by atoms with Crippen molar-refractivity contribution in [1.29, 1.82) is 0 Å². The van der Waals surface area contributed by atoms with Crippen molar-refractivity contribution in [3.8, 4) is 0 Å². The van der Waals surface area contributed by atoms with Crippen molar-refractivity contribution >= 4 is 29.3 Å². The Bertz CT molecular complexity index is 697. The molecule has 26 heavy (non-hydrogen) atoms. The van der Waals surface area contributed by atoms with Gasteiger partial charge in [-0.3, -0.25) is 9.59 Å². The lowest BCUT2D eigenvalue weighted by atomic mass is 9.98. The quantitative estimate of drug-likeness (QED) is 0.803. The summed E-state index contributed by atoms with van der Waals surface area (Å²) in [5, 5.41) is 2.88. The normalized spacial score (nSPS) is 24.9. The van der Waals surface area contributed by atoms with E-state index in [1.54, 1.807) is 11.8 Å². The Morgan fingerprint density at radius 1 is 1.27 bits per heavy atom. The number of piperidine rings is 1. The SMILES string of the molecule is CC1CCN(C(=O)c2ccc3c(c2)NC(=O)C([NH+]2CCOCC2)S3)CC1. The maximum atomic E-state index is 12.8. The Hall–Kier alpha value is -1.57. The first kappa shape index (κ1) is 17.8. The number of nitrogens with one attached hydrogen (secondary N) is 2. The number of morpholine rings is 1. The van der Waals surface area contributed by atoms with E-state index in [0.717, 1.165) is 49.6 Å².